The molecule has 3 rings (SSSR count). The first-order valence-electron chi connectivity index (χ1n) is 7.06. The fourth-order valence-electron chi connectivity index (χ4n) is 2.22. The Labute approximate surface area is 145 Å². The van der Waals surface area contributed by atoms with Crippen molar-refractivity contribution in [3.05, 3.63) is 82.0 Å². The SMILES string of the molecule is O=C(Nc1ccnn1Cc1ccc(Br)cc1)c1c(F)cccc1F. The van der Waals surface area contributed by atoms with E-state index in [2.05, 4.69) is 26.3 Å². The number of rotatable bonds is 4. The van der Waals surface area contributed by atoms with Gasteiger partial charge < -0.3 is 5.32 Å². The number of nitrogens with zero attached hydrogens (tertiary/aromatic N) is 2. The molecule has 0 aliphatic rings. The van der Waals surface area contributed by atoms with E-state index in [9.17, 15) is 13.6 Å². The number of amides is 1. The molecule has 1 amide bonds. The van der Waals surface area contributed by atoms with Crippen LogP contribution in [0.15, 0.2) is 59.2 Å². The second-order valence-electron chi connectivity index (χ2n) is 5.05. The van der Waals surface area contributed by atoms with E-state index in [1.165, 1.54) is 12.3 Å². The first-order valence-corrected chi connectivity index (χ1v) is 7.85. The van der Waals surface area contributed by atoms with Gasteiger partial charge in [-0.25, -0.2) is 13.5 Å². The smallest absolute Gasteiger partial charge is 0.262 e. The molecule has 0 unspecified atom stereocenters. The van der Waals surface area contributed by atoms with E-state index in [0.717, 1.165) is 22.2 Å². The quantitative estimate of drug-likeness (QED) is 0.723. The van der Waals surface area contributed by atoms with E-state index in [-0.39, 0.29) is 0 Å². The summed E-state index contributed by atoms with van der Waals surface area (Å²) < 4.78 is 29.9. The lowest BCUT2D eigenvalue weighted by Crippen LogP contribution is -2.18. The summed E-state index contributed by atoms with van der Waals surface area (Å²) in [7, 11) is 0. The fourth-order valence-corrected chi connectivity index (χ4v) is 2.49. The van der Waals surface area contributed by atoms with E-state index in [1.54, 1.807) is 10.7 Å². The van der Waals surface area contributed by atoms with Crippen LogP contribution in [-0.4, -0.2) is 15.7 Å². The van der Waals surface area contributed by atoms with Crippen LogP contribution in [-0.2, 0) is 6.54 Å². The number of halogens is 3. The fraction of sp³-hybridized carbons (Fsp3) is 0.0588. The van der Waals surface area contributed by atoms with E-state index in [4.69, 9.17) is 0 Å². The average Bonchev–Trinajstić information content (AvgIpc) is 2.96. The van der Waals surface area contributed by atoms with Crippen LogP contribution in [0.5, 0.6) is 0 Å². The van der Waals surface area contributed by atoms with Gasteiger partial charge >= 0.3 is 0 Å². The van der Waals surface area contributed by atoms with Gasteiger partial charge in [0.15, 0.2) is 0 Å². The van der Waals surface area contributed by atoms with Gasteiger partial charge in [-0.1, -0.05) is 34.1 Å². The monoisotopic (exact) mass is 391 g/mol. The predicted octanol–water partition coefficient (Wildman–Crippen LogP) is 4.22. The van der Waals surface area contributed by atoms with Crippen molar-refractivity contribution in [1.82, 2.24) is 9.78 Å². The summed E-state index contributed by atoms with van der Waals surface area (Å²) in [5.41, 5.74) is 0.350. The van der Waals surface area contributed by atoms with Gasteiger partial charge in [-0.2, -0.15) is 5.10 Å². The van der Waals surface area contributed by atoms with Gasteiger partial charge in [0.05, 0.1) is 12.7 Å². The maximum atomic E-state index is 13.7. The average molecular weight is 392 g/mol. The number of nitrogens with one attached hydrogen (secondary N) is 1. The third-order valence-corrected chi connectivity index (χ3v) is 3.92. The Kier molecular flexibility index (Phi) is 4.71. The lowest BCUT2D eigenvalue weighted by molar-refractivity contribution is 0.101. The van der Waals surface area contributed by atoms with Crippen LogP contribution in [0.1, 0.15) is 15.9 Å². The molecule has 0 bridgehead atoms. The minimum Gasteiger partial charge on any atom is -0.307 e. The molecule has 0 saturated carbocycles. The van der Waals surface area contributed by atoms with E-state index in [1.807, 2.05) is 24.3 Å². The van der Waals surface area contributed by atoms with Crippen molar-refractivity contribution in [2.75, 3.05) is 5.32 Å². The van der Waals surface area contributed by atoms with E-state index < -0.39 is 23.1 Å². The lowest BCUT2D eigenvalue weighted by Gasteiger charge is -2.10. The normalized spacial score (nSPS) is 10.6. The lowest BCUT2D eigenvalue weighted by atomic mass is 10.2. The van der Waals surface area contributed by atoms with Crippen molar-refractivity contribution in [3.8, 4) is 0 Å². The Morgan fingerprint density at radius 1 is 1.08 bits per heavy atom. The van der Waals surface area contributed by atoms with Crippen molar-refractivity contribution in [2.45, 2.75) is 6.54 Å². The Balaban J connectivity index is 1.80. The van der Waals surface area contributed by atoms with Gasteiger partial charge in [0.2, 0.25) is 0 Å². The molecule has 1 heterocycles. The molecule has 0 radical (unpaired) electrons. The Morgan fingerprint density at radius 3 is 2.42 bits per heavy atom. The third kappa shape index (κ3) is 3.51. The zero-order valence-corrected chi connectivity index (χ0v) is 13.9. The number of aromatic nitrogens is 2. The maximum Gasteiger partial charge on any atom is 0.262 e. The van der Waals surface area contributed by atoms with Crippen LogP contribution in [0.4, 0.5) is 14.6 Å². The van der Waals surface area contributed by atoms with Crippen molar-refractivity contribution < 1.29 is 13.6 Å². The van der Waals surface area contributed by atoms with Crippen LogP contribution < -0.4 is 5.32 Å². The molecule has 122 valence electrons. The molecular weight excluding hydrogens is 380 g/mol. The first-order chi connectivity index (χ1) is 11.5. The van der Waals surface area contributed by atoms with Gasteiger partial charge in [-0.3, -0.25) is 4.79 Å². The number of hydrogen-bond acceptors (Lipinski definition) is 2. The first kappa shape index (κ1) is 16.3. The number of anilines is 1. The van der Waals surface area contributed by atoms with Crippen molar-refractivity contribution in [1.29, 1.82) is 0 Å². The van der Waals surface area contributed by atoms with Gasteiger partial charge in [-0.05, 0) is 29.8 Å². The molecule has 24 heavy (non-hydrogen) atoms. The minimum absolute atomic E-state index is 0.352. The highest BCUT2D eigenvalue weighted by Crippen LogP contribution is 2.17. The highest BCUT2D eigenvalue weighted by atomic mass is 79.9. The molecule has 1 N–H and O–H groups in total. The van der Waals surface area contributed by atoms with Gasteiger partial charge in [-0.15, -0.1) is 0 Å². The van der Waals surface area contributed by atoms with Gasteiger partial charge in [0, 0.05) is 10.5 Å². The molecular formula is C17H12BrF2N3O. The molecule has 7 heteroatoms. The maximum absolute atomic E-state index is 13.7. The number of carbonyl (C=O) groups excluding carboxylic acids is 1. The molecule has 1 aromatic heterocycles. The van der Waals surface area contributed by atoms with Crippen LogP contribution in [0.3, 0.4) is 0 Å². The zero-order valence-electron chi connectivity index (χ0n) is 12.3. The van der Waals surface area contributed by atoms with Crippen LogP contribution in [0, 0.1) is 11.6 Å². The number of hydrogen-bond donors (Lipinski definition) is 1. The number of carbonyl (C=O) groups is 1. The second kappa shape index (κ2) is 6.92. The molecule has 0 atom stereocenters. The minimum atomic E-state index is -0.911. The highest BCUT2D eigenvalue weighted by molar-refractivity contribution is 9.10. The van der Waals surface area contributed by atoms with Gasteiger partial charge in [0.25, 0.3) is 5.91 Å². The van der Waals surface area contributed by atoms with E-state index >= 15 is 0 Å². The summed E-state index contributed by atoms with van der Waals surface area (Å²) in [6.45, 7) is 0.412. The number of benzene rings is 2. The zero-order chi connectivity index (χ0) is 17.1. The summed E-state index contributed by atoms with van der Waals surface area (Å²) in [5, 5.41) is 6.62. The van der Waals surface area contributed by atoms with Crippen LogP contribution >= 0.6 is 15.9 Å². The summed E-state index contributed by atoms with van der Waals surface area (Å²) in [6, 6.07) is 12.5. The predicted molar refractivity (Wildman–Crippen MR) is 89.8 cm³/mol. The van der Waals surface area contributed by atoms with E-state index in [0.29, 0.717) is 12.4 Å². The summed E-state index contributed by atoms with van der Waals surface area (Å²) in [5.74, 6) is -2.33. The third-order valence-electron chi connectivity index (χ3n) is 3.39. The van der Waals surface area contributed by atoms with Crippen molar-refractivity contribution in [3.63, 3.8) is 0 Å². The van der Waals surface area contributed by atoms with Gasteiger partial charge in [0.1, 0.15) is 23.0 Å². The molecule has 0 aliphatic heterocycles. The van der Waals surface area contributed by atoms with Crippen molar-refractivity contribution >= 4 is 27.7 Å². The summed E-state index contributed by atoms with van der Waals surface area (Å²) in [4.78, 5) is 12.2. The standard InChI is InChI=1S/C17H12BrF2N3O/c18-12-6-4-11(5-7-12)10-23-15(8-9-21-23)22-17(24)16-13(19)2-1-3-14(16)20/h1-9H,10H2,(H,22,24). The molecule has 0 spiro atoms. The Hall–Kier alpha value is -2.54. The largest absolute Gasteiger partial charge is 0.307 e. The van der Waals surface area contributed by atoms with Crippen LogP contribution in [0.25, 0.3) is 0 Å². The molecule has 0 aliphatic carbocycles. The van der Waals surface area contributed by atoms with Crippen molar-refractivity contribution in [2.24, 2.45) is 0 Å². The molecule has 2 aromatic carbocycles. The van der Waals surface area contributed by atoms with Crippen LogP contribution in [0.2, 0.25) is 0 Å². The molecule has 4 nitrogen and oxygen atoms in total. The molecule has 0 saturated heterocycles. The molecule has 0 fully saturated rings. The summed E-state index contributed by atoms with van der Waals surface area (Å²) >= 11 is 3.36. The highest BCUT2D eigenvalue weighted by Gasteiger charge is 2.18. The topological polar surface area (TPSA) is 46.9 Å². The Bertz CT molecular complexity index is 858. The summed E-state index contributed by atoms with van der Waals surface area (Å²) in [6.07, 6.45) is 1.51. The second-order valence-corrected chi connectivity index (χ2v) is 5.97. The molecule has 3 aromatic rings. The Morgan fingerprint density at radius 2 is 1.75 bits per heavy atom.